The van der Waals surface area contributed by atoms with Gasteiger partial charge >= 0.3 is 0 Å². The van der Waals surface area contributed by atoms with Crippen molar-refractivity contribution in [2.24, 2.45) is 5.92 Å². The highest BCUT2D eigenvalue weighted by atomic mass is 32.2. The molecule has 2 atom stereocenters. The van der Waals surface area contributed by atoms with Crippen LogP contribution in [0.15, 0.2) is 0 Å². The van der Waals surface area contributed by atoms with Gasteiger partial charge in [-0.2, -0.15) is 0 Å². The van der Waals surface area contributed by atoms with E-state index in [0.717, 1.165) is 19.4 Å². The topological polar surface area (TPSA) is 46.2 Å². The molecule has 0 saturated heterocycles. The average Bonchev–Trinajstić information content (AvgIpc) is 2.66. The predicted octanol–water partition coefficient (Wildman–Crippen LogP) is 1.98. The van der Waals surface area contributed by atoms with E-state index in [4.69, 9.17) is 0 Å². The maximum absolute atomic E-state index is 11.4. The van der Waals surface area contributed by atoms with Gasteiger partial charge in [0.2, 0.25) is 0 Å². The lowest BCUT2D eigenvalue weighted by molar-refractivity contribution is 0.382. The number of sulfone groups is 1. The SMILES string of the molecule is CCNC1CCCC1CCCS(=O)(=O)CC. The molecule has 16 heavy (non-hydrogen) atoms. The Balaban J connectivity index is 2.27. The van der Waals surface area contributed by atoms with Gasteiger partial charge in [-0.1, -0.05) is 20.3 Å². The molecule has 0 aromatic carbocycles. The van der Waals surface area contributed by atoms with E-state index in [1.807, 2.05) is 0 Å². The lowest BCUT2D eigenvalue weighted by atomic mass is 9.98. The summed E-state index contributed by atoms with van der Waals surface area (Å²) < 4.78 is 22.7. The highest BCUT2D eigenvalue weighted by Gasteiger charge is 2.26. The van der Waals surface area contributed by atoms with Crippen molar-refractivity contribution in [3.05, 3.63) is 0 Å². The van der Waals surface area contributed by atoms with Crippen molar-refractivity contribution < 1.29 is 8.42 Å². The molecular formula is C12H25NO2S. The Morgan fingerprint density at radius 2 is 2.00 bits per heavy atom. The Hall–Kier alpha value is -0.0900. The van der Waals surface area contributed by atoms with Crippen molar-refractivity contribution in [3.63, 3.8) is 0 Å². The quantitative estimate of drug-likeness (QED) is 0.748. The Morgan fingerprint density at radius 3 is 2.62 bits per heavy atom. The molecule has 0 heterocycles. The lowest BCUT2D eigenvalue weighted by Crippen LogP contribution is -2.32. The standard InChI is InChI=1S/C12H25NO2S/c1-3-13-12-9-5-7-11(12)8-6-10-16(14,15)4-2/h11-13H,3-10H2,1-2H3. The van der Waals surface area contributed by atoms with E-state index >= 15 is 0 Å². The number of rotatable bonds is 7. The van der Waals surface area contributed by atoms with E-state index in [2.05, 4.69) is 12.2 Å². The number of hydrogen-bond acceptors (Lipinski definition) is 3. The van der Waals surface area contributed by atoms with Gasteiger partial charge in [0.15, 0.2) is 0 Å². The van der Waals surface area contributed by atoms with E-state index in [9.17, 15) is 8.42 Å². The maximum atomic E-state index is 11.4. The van der Waals surface area contributed by atoms with Crippen LogP contribution in [0.5, 0.6) is 0 Å². The number of hydrogen-bond donors (Lipinski definition) is 1. The fourth-order valence-electron chi connectivity index (χ4n) is 2.62. The molecule has 1 N–H and O–H groups in total. The molecule has 1 aliphatic rings. The first-order chi connectivity index (χ1) is 7.59. The minimum absolute atomic E-state index is 0.286. The monoisotopic (exact) mass is 247 g/mol. The van der Waals surface area contributed by atoms with Gasteiger partial charge in [0.25, 0.3) is 0 Å². The fraction of sp³-hybridized carbons (Fsp3) is 1.00. The van der Waals surface area contributed by atoms with Crippen LogP contribution in [-0.4, -0.2) is 32.5 Å². The summed E-state index contributed by atoms with van der Waals surface area (Å²) in [5.74, 6) is 1.36. The molecule has 0 aliphatic heterocycles. The summed E-state index contributed by atoms with van der Waals surface area (Å²) in [5, 5.41) is 3.51. The van der Waals surface area contributed by atoms with Crippen LogP contribution in [0.4, 0.5) is 0 Å². The molecular weight excluding hydrogens is 222 g/mol. The average molecular weight is 247 g/mol. The Kier molecular flexibility index (Phi) is 5.76. The largest absolute Gasteiger partial charge is 0.314 e. The first-order valence-corrected chi connectivity index (χ1v) is 8.35. The summed E-state index contributed by atoms with van der Waals surface area (Å²) >= 11 is 0. The van der Waals surface area contributed by atoms with Gasteiger partial charge in [-0.25, -0.2) is 8.42 Å². The van der Waals surface area contributed by atoms with Crippen molar-refractivity contribution in [2.45, 2.75) is 52.0 Å². The summed E-state index contributed by atoms with van der Waals surface area (Å²) in [6.45, 7) is 4.89. The van der Waals surface area contributed by atoms with E-state index in [0.29, 0.717) is 17.7 Å². The van der Waals surface area contributed by atoms with Gasteiger partial charge in [-0.3, -0.25) is 0 Å². The van der Waals surface area contributed by atoms with Crippen LogP contribution in [0.3, 0.4) is 0 Å². The van der Waals surface area contributed by atoms with Gasteiger partial charge in [-0.05, 0) is 38.1 Å². The minimum atomic E-state index is -2.76. The summed E-state index contributed by atoms with van der Waals surface area (Å²) in [4.78, 5) is 0. The zero-order valence-electron chi connectivity index (χ0n) is 10.5. The first-order valence-electron chi connectivity index (χ1n) is 6.53. The molecule has 0 aromatic rings. The van der Waals surface area contributed by atoms with Crippen LogP contribution < -0.4 is 5.32 Å². The molecule has 0 radical (unpaired) electrons. The number of nitrogens with one attached hydrogen (secondary N) is 1. The first kappa shape index (κ1) is 14.0. The van der Waals surface area contributed by atoms with Crippen molar-refractivity contribution >= 4 is 9.84 Å². The van der Waals surface area contributed by atoms with Crippen LogP contribution in [0.1, 0.15) is 46.0 Å². The molecule has 96 valence electrons. The summed E-state index contributed by atoms with van der Waals surface area (Å²) in [7, 11) is -2.76. The van der Waals surface area contributed by atoms with Crippen LogP contribution in [0.25, 0.3) is 0 Å². The summed E-state index contributed by atoms with van der Waals surface area (Å²) in [5.41, 5.74) is 0. The molecule has 0 spiro atoms. The van der Waals surface area contributed by atoms with Crippen LogP contribution in [0, 0.1) is 5.92 Å². The van der Waals surface area contributed by atoms with Crippen molar-refractivity contribution in [3.8, 4) is 0 Å². The van der Waals surface area contributed by atoms with Crippen molar-refractivity contribution in [1.29, 1.82) is 0 Å². The predicted molar refractivity (Wildman–Crippen MR) is 68.4 cm³/mol. The Morgan fingerprint density at radius 1 is 1.25 bits per heavy atom. The molecule has 1 saturated carbocycles. The van der Waals surface area contributed by atoms with Gasteiger partial charge < -0.3 is 5.32 Å². The third-order valence-electron chi connectivity index (χ3n) is 3.60. The van der Waals surface area contributed by atoms with Crippen LogP contribution in [0.2, 0.25) is 0 Å². The smallest absolute Gasteiger partial charge is 0.150 e. The molecule has 0 amide bonds. The molecule has 4 heteroatoms. The third-order valence-corrected chi connectivity index (χ3v) is 5.39. The Labute approximate surface area is 99.9 Å². The van der Waals surface area contributed by atoms with E-state index in [-0.39, 0.29) is 5.75 Å². The second kappa shape index (κ2) is 6.60. The zero-order chi connectivity index (χ0) is 12.0. The van der Waals surface area contributed by atoms with Crippen molar-refractivity contribution in [2.75, 3.05) is 18.1 Å². The molecule has 1 fully saturated rings. The van der Waals surface area contributed by atoms with Gasteiger partial charge in [0, 0.05) is 11.8 Å². The van der Waals surface area contributed by atoms with E-state index in [1.54, 1.807) is 6.92 Å². The van der Waals surface area contributed by atoms with Gasteiger partial charge in [0.1, 0.15) is 9.84 Å². The zero-order valence-corrected chi connectivity index (χ0v) is 11.4. The normalized spacial score (nSPS) is 26.1. The Bertz CT molecular complexity index is 287. The molecule has 1 rings (SSSR count). The second-order valence-corrected chi connectivity index (χ2v) is 7.21. The molecule has 0 bridgehead atoms. The summed E-state index contributed by atoms with van der Waals surface area (Å²) in [6, 6.07) is 0.634. The van der Waals surface area contributed by atoms with Crippen LogP contribution >= 0.6 is 0 Å². The minimum Gasteiger partial charge on any atom is -0.314 e. The van der Waals surface area contributed by atoms with E-state index in [1.165, 1.54) is 19.3 Å². The van der Waals surface area contributed by atoms with E-state index < -0.39 is 9.84 Å². The lowest BCUT2D eigenvalue weighted by Gasteiger charge is -2.20. The molecule has 3 nitrogen and oxygen atoms in total. The highest BCUT2D eigenvalue weighted by Crippen LogP contribution is 2.29. The molecule has 2 unspecified atom stereocenters. The van der Waals surface area contributed by atoms with Gasteiger partial charge in [0.05, 0.1) is 5.75 Å². The van der Waals surface area contributed by atoms with Gasteiger partial charge in [-0.15, -0.1) is 0 Å². The maximum Gasteiger partial charge on any atom is 0.150 e. The summed E-state index contributed by atoms with van der Waals surface area (Å²) in [6.07, 6.45) is 5.73. The second-order valence-electron chi connectivity index (χ2n) is 4.73. The molecule has 0 aromatic heterocycles. The highest BCUT2D eigenvalue weighted by molar-refractivity contribution is 7.91. The molecule has 1 aliphatic carbocycles. The fourth-order valence-corrected chi connectivity index (χ4v) is 3.52. The van der Waals surface area contributed by atoms with Crippen LogP contribution in [-0.2, 0) is 9.84 Å². The third kappa shape index (κ3) is 4.42. The van der Waals surface area contributed by atoms with Crippen molar-refractivity contribution in [1.82, 2.24) is 5.32 Å².